The second kappa shape index (κ2) is 3.66. The van der Waals surface area contributed by atoms with E-state index in [9.17, 15) is 4.79 Å². The second-order valence-electron chi connectivity index (χ2n) is 4.26. The van der Waals surface area contributed by atoms with E-state index in [1.54, 1.807) is 0 Å². The molecule has 2 aliphatic rings. The van der Waals surface area contributed by atoms with Crippen LogP contribution in [0.25, 0.3) is 0 Å². The maximum Gasteiger partial charge on any atom is 0.307 e. The average Bonchev–Trinajstić information content (AvgIpc) is 2.17. The molecule has 3 nitrogen and oxygen atoms in total. The van der Waals surface area contributed by atoms with Crippen LogP contribution < -0.4 is 0 Å². The van der Waals surface area contributed by atoms with Crippen LogP contribution in [0.2, 0.25) is 0 Å². The number of carboxylic acid groups (broad SMARTS) is 1. The number of hydrogen-bond acceptors (Lipinski definition) is 2. The summed E-state index contributed by atoms with van der Waals surface area (Å²) >= 11 is 0. The molecule has 2 fully saturated rings. The lowest BCUT2D eigenvalue weighted by Crippen LogP contribution is -2.47. The molecule has 0 bridgehead atoms. The number of rotatable bonds is 1. The Bertz CT molecular complexity index is 205. The van der Waals surface area contributed by atoms with Crippen molar-refractivity contribution in [1.82, 2.24) is 4.90 Å². The highest BCUT2D eigenvalue weighted by molar-refractivity contribution is 5.70. The topological polar surface area (TPSA) is 40.5 Å². The monoisotopic (exact) mass is 183 g/mol. The molecular formula is C10H17NO2. The molecule has 2 saturated heterocycles. The van der Waals surface area contributed by atoms with Crippen molar-refractivity contribution in [2.45, 2.75) is 38.1 Å². The van der Waals surface area contributed by atoms with Gasteiger partial charge < -0.3 is 5.11 Å². The molecule has 0 aromatic rings. The maximum atomic E-state index is 10.8. The molecule has 3 heteroatoms. The van der Waals surface area contributed by atoms with Gasteiger partial charge in [0.1, 0.15) is 0 Å². The summed E-state index contributed by atoms with van der Waals surface area (Å²) in [6, 6.07) is 0.698. The molecule has 0 saturated carbocycles. The molecule has 0 amide bonds. The molecule has 1 N–H and O–H groups in total. The largest absolute Gasteiger partial charge is 0.481 e. The van der Waals surface area contributed by atoms with E-state index in [0.717, 1.165) is 25.9 Å². The molecule has 2 rings (SSSR count). The van der Waals surface area contributed by atoms with Gasteiger partial charge in [-0.05, 0) is 32.2 Å². The third-order valence-corrected chi connectivity index (χ3v) is 3.40. The normalized spacial score (nSPS) is 35.4. The molecule has 0 aromatic heterocycles. The zero-order chi connectivity index (χ0) is 9.26. The third-order valence-electron chi connectivity index (χ3n) is 3.40. The number of nitrogens with zero attached hydrogens (tertiary/aromatic N) is 1. The van der Waals surface area contributed by atoms with E-state index < -0.39 is 5.97 Å². The van der Waals surface area contributed by atoms with Gasteiger partial charge in [-0.1, -0.05) is 6.42 Å². The zero-order valence-electron chi connectivity index (χ0n) is 7.91. The van der Waals surface area contributed by atoms with Crippen molar-refractivity contribution >= 4 is 5.97 Å². The molecule has 2 aliphatic heterocycles. The molecule has 0 spiro atoms. The minimum absolute atomic E-state index is 0.102. The lowest BCUT2D eigenvalue weighted by molar-refractivity contribution is -0.144. The van der Waals surface area contributed by atoms with E-state index in [4.69, 9.17) is 5.11 Å². The number of hydrogen-bond donors (Lipinski definition) is 1. The quantitative estimate of drug-likeness (QED) is 0.666. The number of carboxylic acids is 1. The fraction of sp³-hybridized carbons (Fsp3) is 0.900. The van der Waals surface area contributed by atoms with Gasteiger partial charge in [-0.2, -0.15) is 0 Å². The molecule has 0 aliphatic carbocycles. The summed E-state index contributed by atoms with van der Waals surface area (Å²) in [6.45, 7) is 1.91. The van der Waals surface area contributed by atoms with Crippen molar-refractivity contribution in [2.24, 2.45) is 5.92 Å². The number of piperidine rings is 2. The van der Waals surface area contributed by atoms with E-state index in [1.807, 2.05) is 0 Å². The summed E-state index contributed by atoms with van der Waals surface area (Å²) in [6.07, 6.45) is 5.85. The SMILES string of the molecule is O=C(O)C1CCC2CCCCN2C1. The van der Waals surface area contributed by atoms with Crippen LogP contribution in [0.5, 0.6) is 0 Å². The minimum Gasteiger partial charge on any atom is -0.481 e. The third kappa shape index (κ3) is 1.85. The lowest BCUT2D eigenvalue weighted by atomic mass is 9.88. The van der Waals surface area contributed by atoms with Gasteiger partial charge in [-0.25, -0.2) is 0 Å². The predicted octanol–water partition coefficient (Wildman–Crippen LogP) is 1.34. The first-order valence-corrected chi connectivity index (χ1v) is 5.24. The zero-order valence-corrected chi connectivity index (χ0v) is 7.91. The Labute approximate surface area is 78.7 Å². The van der Waals surface area contributed by atoms with Crippen LogP contribution >= 0.6 is 0 Å². The number of aliphatic carboxylic acids is 1. The maximum absolute atomic E-state index is 10.8. The first-order valence-electron chi connectivity index (χ1n) is 5.24. The highest BCUT2D eigenvalue weighted by Crippen LogP contribution is 2.28. The summed E-state index contributed by atoms with van der Waals surface area (Å²) < 4.78 is 0. The summed E-state index contributed by atoms with van der Waals surface area (Å²) in [5, 5.41) is 8.90. The van der Waals surface area contributed by atoms with E-state index in [0.29, 0.717) is 6.04 Å². The highest BCUT2D eigenvalue weighted by atomic mass is 16.4. The number of carbonyl (C=O) groups is 1. The Morgan fingerprint density at radius 1 is 1.23 bits per heavy atom. The van der Waals surface area contributed by atoms with Crippen LogP contribution in [0.15, 0.2) is 0 Å². The van der Waals surface area contributed by atoms with Gasteiger partial charge in [0.15, 0.2) is 0 Å². The van der Waals surface area contributed by atoms with Gasteiger partial charge in [-0.15, -0.1) is 0 Å². The molecule has 2 atom stereocenters. The van der Waals surface area contributed by atoms with Crippen LogP contribution in [0.3, 0.4) is 0 Å². The van der Waals surface area contributed by atoms with Crippen LogP contribution in [0, 0.1) is 5.92 Å². The van der Waals surface area contributed by atoms with E-state index in [-0.39, 0.29) is 5.92 Å². The van der Waals surface area contributed by atoms with Crippen molar-refractivity contribution in [2.75, 3.05) is 13.1 Å². The van der Waals surface area contributed by atoms with Gasteiger partial charge in [-0.3, -0.25) is 9.69 Å². The fourth-order valence-electron chi connectivity index (χ4n) is 2.60. The summed E-state index contributed by atoms with van der Waals surface area (Å²) in [5.41, 5.74) is 0. The molecule has 2 unspecified atom stereocenters. The van der Waals surface area contributed by atoms with Gasteiger partial charge >= 0.3 is 5.97 Å². The van der Waals surface area contributed by atoms with E-state index in [2.05, 4.69) is 4.90 Å². The van der Waals surface area contributed by atoms with Crippen LogP contribution in [0.4, 0.5) is 0 Å². The Kier molecular flexibility index (Phi) is 2.54. The predicted molar refractivity (Wildman–Crippen MR) is 49.6 cm³/mol. The van der Waals surface area contributed by atoms with Gasteiger partial charge in [0.05, 0.1) is 5.92 Å². The Morgan fingerprint density at radius 2 is 2.08 bits per heavy atom. The Balaban J connectivity index is 1.95. The minimum atomic E-state index is -0.607. The van der Waals surface area contributed by atoms with Crippen LogP contribution in [-0.2, 0) is 4.79 Å². The highest BCUT2D eigenvalue weighted by Gasteiger charge is 2.32. The second-order valence-corrected chi connectivity index (χ2v) is 4.26. The fourth-order valence-corrected chi connectivity index (χ4v) is 2.60. The van der Waals surface area contributed by atoms with Gasteiger partial charge in [0, 0.05) is 12.6 Å². The Morgan fingerprint density at radius 3 is 2.85 bits per heavy atom. The molecule has 0 radical (unpaired) electrons. The van der Waals surface area contributed by atoms with E-state index in [1.165, 1.54) is 19.3 Å². The standard InChI is InChI=1S/C10H17NO2/c12-10(13)8-4-5-9-3-1-2-6-11(9)7-8/h8-9H,1-7H2,(H,12,13). The first-order chi connectivity index (χ1) is 6.27. The molecule has 13 heavy (non-hydrogen) atoms. The summed E-state index contributed by atoms with van der Waals surface area (Å²) in [4.78, 5) is 13.2. The smallest absolute Gasteiger partial charge is 0.307 e. The number of fused-ring (bicyclic) bond motifs is 1. The molecule has 0 aromatic carbocycles. The van der Waals surface area contributed by atoms with Gasteiger partial charge in [0.2, 0.25) is 0 Å². The van der Waals surface area contributed by atoms with Crippen molar-refractivity contribution < 1.29 is 9.90 Å². The lowest BCUT2D eigenvalue weighted by Gasteiger charge is -2.41. The molecular weight excluding hydrogens is 166 g/mol. The van der Waals surface area contributed by atoms with Gasteiger partial charge in [0.25, 0.3) is 0 Å². The average molecular weight is 183 g/mol. The molecule has 2 heterocycles. The summed E-state index contributed by atoms with van der Waals surface area (Å²) in [7, 11) is 0. The van der Waals surface area contributed by atoms with Crippen molar-refractivity contribution in [3.63, 3.8) is 0 Å². The summed E-state index contributed by atoms with van der Waals surface area (Å²) in [5.74, 6) is -0.710. The molecule has 74 valence electrons. The first kappa shape index (κ1) is 9.00. The van der Waals surface area contributed by atoms with Crippen molar-refractivity contribution in [3.05, 3.63) is 0 Å². The van der Waals surface area contributed by atoms with E-state index >= 15 is 0 Å². The van der Waals surface area contributed by atoms with Crippen molar-refractivity contribution in [3.8, 4) is 0 Å². The van der Waals surface area contributed by atoms with Crippen LogP contribution in [0.1, 0.15) is 32.1 Å². The van der Waals surface area contributed by atoms with Crippen molar-refractivity contribution in [1.29, 1.82) is 0 Å². The van der Waals surface area contributed by atoms with Crippen LogP contribution in [-0.4, -0.2) is 35.1 Å². The Hall–Kier alpha value is -0.570.